The Kier molecular flexibility index (Phi) is 2.52. The Hall–Kier alpha value is -1.62. The first-order chi connectivity index (χ1) is 8.60. The fraction of sp³-hybridized carbons (Fsp3) is 0.538. The van der Waals surface area contributed by atoms with Gasteiger partial charge in [-0.3, -0.25) is 9.89 Å². The molecule has 5 heteroatoms. The van der Waals surface area contributed by atoms with Crippen LogP contribution in [0.3, 0.4) is 0 Å². The van der Waals surface area contributed by atoms with E-state index in [0.29, 0.717) is 5.92 Å². The molecule has 2 aromatic rings. The summed E-state index contributed by atoms with van der Waals surface area (Å²) in [4.78, 5) is 16.7. The van der Waals surface area contributed by atoms with Gasteiger partial charge in [-0.25, -0.2) is 9.50 Å². The van der Waals surface area contributed by atoms with E-state index < -0.39 is 0 Å². The van der Waals surface area contributed by atoms with Gasteiger partial charge in [0.15, 0.2) is 5.65 Å². The molecule has 1 fully saturated rings. The van der Waals surface area contributed by atoms with E-state index in [9.17, 15) is 4.79 Å². The van der Waals surface area contributed by atoms with Gasteiger partial charge in [0.2, 0.25) is 0 Å². The smallest absolute Gasteiger partial charge is 0.272 e. The molecule has 0 saturated heterocycles. The molecule has 3 rings (SSSR count). The maximum Gasteiger partial charge on any atom is 0.272 e. The molecule has 0 aliphatic heterocycles. The summed E-state index contributed by atoms with van der Waals surface area (Å²) < 4.78 is 1.54. The van der Waals surface area contributed by atoms with Crippen LogP contribution in [0.1, 0.15) is 42.6 Å². The molecule has 1 aliphatic rings. The van der Waals surface area contributed by atoms with Crippen molar-refractivity contribution in [1.82, 2.24) is 14.6 Å². The van der Waals surface area contributed by atoms with Crippen LogP contribution in [0.5, 0.6) is 0 Å². The summed E-state index contributed by atoms with van der Waals surface area (Å²) in [7, 11) is 0. The summed E-state index contributed by atoms with van der Waals surface area (Å²) in [5.74, 6) is 0.358. The van der Waals surface area contributed by atoms with Crippen molar-refractivity contribution in [3.8, 4) is 0 Å². The summed E-state index contributed by atoms with van der Waals surface area (Å²) in [6.45, 7) is 4.07. The topological polar surface area (TPSA) is 76.2 Å². The number of hydrogen-bond donors (Lipinski definition) is 2. The van der Waals surface area contributed by atoms with Crippen LogP contribution >= 0.6 is 0 Å². The van der Waals surface area contributed by atoms with E-state index in [1.54, 1.807) is 6.07 Å². The van der Waals surface area contributed by atoms with Gasteiger partial charge in [0.1, 0.15) is 0 Å². The highest BCUT2D eigenvalue weighted by atomic mass is 16.1. The first kappa shape index (κ1) is 11.5. The molecule has 3 N–H and O–H groups in total. The molecule has 0 spiro atoms. The molecule has 0 unspecified atom stereocenters. The van der Waals surface area contributed by atoms with Crippen LogP contribution in [-0.4, -0.2) is 20.6 Å². The second kappa shape index (κ2) is 3.95. The van der Waals surface area contributed by atoms with E-state index in [4.69, 9.17) is 5.73 Å². The molecule has 1 saturated carbocycles. The van der Waals surface area contributed by atoms with Crippen molar-refractivity contribution in [3.05, 3.63) is 33.4 Å². The number of nitrogens with two attached hydrogens (primary N) is 1. The summed E-state index contributed by atoms with van der Waals surface area (Å²) in [5.41, 5.74) is 9.56. The molecular formula is C13H18N4O. The Balaban J connectivity index is 2.14. The van der Waals surface area contributed by atoms with Gasteiger partial charge in [-0.2, -0.15) is 0 Å². The first-order valence-electron chi connectivity index (χ1n) is 6.47. The molecule has 96 valence electrons. The summed E-state index contributed by atoms with van der Waals surface area (Å²) in [6.07, 6.45) is 2.75. The highest BCUT2D eigenvalue weighted by molar-refractivity contribution is 5.49. The molecule has 0 atom stereocenters. The number of fused-ring (bicyclic) bond motifs is 1. The van der Waals surface area contributed by atoms with Crippen LogP contribution in [-0.2, 0) is 6.42 Å². The largest absolute Gasteiger partial charge is 0.328 e. The van der Waals surface area contributed by atoms with E-state index in [0.717, 1.165) is 41.9 Å². The first-order valence-corrected chi connectivity index (χ1v) is 6.47. The summed E-state index contributed by atoms with van der Waals surface area (Å²) in [5, 5.41) is 3.11. The molecule has 5 nitrogen and oxygen atoms in total. The summed E-state index contributed by atoms with van der Waals surface area (Å²) in [6, 6.07) is 1.91. The fourth-order valence-corrected chi connectivity index (χ4v) is 2.67. The van der Waals surface area contributed by atoms with Gasteiger partial charge in [-0.1, -0.05) is 6.92 Å². The van der Waals surface area contributed by atoms with Gasteiger partial charge in [0.05, 0.1) is 5.69 Å². The molecule has 0 amide bonds. The number of hydrogen-bond acceptors (Lipinski definition) is 3. The molecule has 0 aromatic carbocycles. The van der Waals surface area contributed by atoms with E-state index in [1.807, 2.05) is 6.92 Å². The number of nitrogens with one attached hydrogen (secondary N) is 1. The quantitative estimate of drug-likeness (QED) is 0.833. The number of aromatic nitrogens is 3. The molecule has 18 heavy (non-hydrogen) atoms. The van der Waals surface area contributed by atoms with Crippen molar-refractivity contribution in [2.45, 2.75) is 45.1 Å². The second-order valence-corrected chi connectivity index (χ2v) is 5.18. The minimum Gasteiger partial charge on any atom is -0.328 e. The van der Waals surface area contributed by atoms with Crippen molar-refractivity contribution >= 4 is 5.65 Å². The number of H-pyrrole nitrogens is 1. The number of nitrogens with zero attached hydrogens (tertiary/aromatic N) is 2. The van der Waals surface area contributed by atoms with E-state index in [-0.39, 0.29) is 11.6 Å². The van der Waals surface area contributed by atoms with Gasteiger partial charge in [0.25, 0.3) is 5.56 Å². The van der Waals surface area contributed by atoms with Gasteiger partial charge < -0.3 is 5.73 Å². The zero-order chi connectivity index (χ0) is 12.9. The second-order valence-electron chi connectivity index (χ2n) is 5.18. The third-order valence-electron chi connectivity index (χ3n) is 3.92. The van der Waals surface area contributed by atoms with Gasteiger partial charge in [-0.15, -0.1) is 0 Å². The van der Waals surface area contributed by atoms with Gasteiger partial charge >= 0.3 is 0 Å². The lowest BCUT2D eigenvalue weighted by Crippen LogP contribution is -2.35. The number of rotatable bonds is 2. The molecule has 2 aromatic heterocycles. The Morgan fingerprint density at radius 2 is 2.28 bits per heavy atom. The predicted octanol–water partition coefficient (Wildman–Crippen LogP) is 1.10. The van der Waals surface area contributed by atoms with Crippen molar-refractivity contribution in [1.29, 1.82) is 0 Å². The maximum absolute atomic E-state index is 12.1. The fourth-order valence-electron chi connectivity index (χ4n) is 2.67. The van der Waals surface area contributed by atoms with Crippen molar-refractivity contribution < 1.29 is 0 Å². The third kappa shape index (κ3) is 1.58. The van der Waals surface area contributed by atoms with Crippen LogP contribution in [0.4, 0.5) is 0 Å². The van der Waals surface area contributed by atoms with Crippen LogP contribution in [0.2, 0.25) is 0 Å². The summed E-state index contributed by atoms with van der Waals surface area (Å²) >= 11 is 0. The minimum atomic E-state index is -0.0294. The number of aromatic amines is 1. The van der Waals surface area contributed by atoms with E-state index in [1.165, 1.54) is 4.52 Å². The van der Waals surface area contributed by atoms with Crippen LogP contribution in [0.25, 0.3) is 5.65 Å². The highest BCUT2D eigenvalue weighted by Gasteiger charge is 2.29. The van der Waals surface area contributed by atoms with Gasteiger partial charge in [0, 0.05) is 29.3 Å². The van der Waals surface area contributed by atoms with Crippen molar-refractivity contribution in [2.24, 2.45) is 5.73 Å². The molecule has 2 heterocycles. The SMILES string of the molecule is CCc1[nH]n2c(=O)cc(C3CC(N)C3)nc2c1C. The maximum atomic E-state index is 12.1. The van der Waals surface area contributed by atoms with Crippen molar-refractivity contribution in [3.63, 3.8) is 0 Å². The molecule has 1 aliphatic carbocycles. The van der Waals surface area contributed by atoms with Crippen LogP contribution in [0.15, 0.2) is 10.9 Å². The average molecular weight is 246 g/mol. The average Bonchev–Trinajstić information content (AvgIpc) is 2.63. The van der Waals surface area contributed by atoms with Crippen LogP contribution < -0.4 is 11.3 Å². The normalized spacial score (nSPS) is 23.3. The predicted molar refractivity (Wildman–Crippen MR) is 69.9 cm³/mol. The third-order valence-corrected chi connectivity index (χ3v) is 3.92. The van der Waals surface area contributed by atoms with Crippen molar-refractivity contribution in [2.75, 3.05) is 0 Å². The Bertz CT molecular complexity index is 649. The monoisotopic (exact) mass is 246 g/mol. The lowest BCUT2D eigenvalue weighted by molar-refractivity contribution is 0.345. The highest BCUT2D eigenvalue weighted by Crippen LogP contribution is 2.34. The Labute approximate surface area is 105 Å². The molecule has 0 bridgehead atoms. The molecule has 0 radical (unpaired) electrons. The lowest BCUT2D eigenvalue weighted by atomic mass is 9.79. The molecular weight excluding hydrogens is 228 g/mol. The van der Waals surface area contributed by atoms with Crippen LogP contribution in [0, 0.1) is 6.92 Å². The Morgan fingerprint density at radius 1 is 1.56 bits per heavy atom. The van der Waals surface area contributed by atoms with E-state index in [2.05, 4.69) is 17.0 Å². The zero-order valence-corrected chi connectivity index (χ0v) is 10.7. The van der Waals surface area contributed by atoms with E-state index >= 15 is 0 Å². The number of aryl methyl sites for hydroxylation is 2. The lowest BCUT2D eigenvalue weighted by Gasteiger charge is -2.31. The minimum absolute atomic E-state index is 0.0294. The Morgan fingerprint density at radius 3 is 2.89 bits per heavy atom. The standard InChI is InChI=1S/C13H18N4O/c1-3-10-7(2)13-15-11(8-4-9(14)5-8)6-12(18)17(13)16-10/h6,8-9,16H,3-5,14H2,1-2H3. The zero-order valence-electron chi connectivity index (χ0n) is 10.7. The van der Waals surface area contributed by atoms with Gasteiger partial charge in [-0.05, 0) is 26.2 Å².